The number of rotatable bonds is 4. The van der Waals surface area contributed by atoms with Gasteiger partial charge in [0, 0.05) is 49.3 Å². The molecule has 1 amide bonds. The molecule has 0 aromatic heterocycles. The summed E-state index contributed by atoms with van der Waals surface area (Å²) in [5.74, 6) is -0.427. The molecule has 2 rings (SSSR count). The summed E-state index contributed by atoms with van der Waals surface area (Å²) >= 11 is 0. The van der Waals surface area contributed by atoms with E-state index < -0.39 is 10.8 Å². The van der Waals surface area contributed by atoms with Crippen LogP contribution in [0.3, 0.4) is 0 Å². The van der Waals surface area contributed by atoms with Gasteiger partial charge >= 0.3 is 0 Å². The number of benzene rings is 1. The first-order chi connectivity index (χ1) is 10.1. The maximum Gasteiger partial charge on any atom is 0.271 e. The van der Waals surface area contributed by atoms with Gasteiger partial charge in [0.15, 0.2) is 0 Å². The Morgan fingerprint density at radius 3 is 2.76 bits per heavy atom. The number of amides is 1. The molecule has 1 aromatic carbocycles. The summed E-state index contributed by atoms with van der Waals surface area (Å²) in [6, 6.07) is 5.61. The molecule has 1 aliphatic heterocycles. The van der Waals surface area contributed by atoms with Crippen LogP contribution in [0.2, 0.25) is 0 Å². The Morgan fingerprint density at radius 2 is 2.14 bits per heavy atom. The Balaban J connectivity index is 1.96. The van der Waals surface area contributed by atoms with E-state index in [4.69, 9.17) is 0 Å². The lowest BCUT2D eigenvalue weighted by atomic mass is 10.1. The molecule has 0 atom stereocenters. The van der Waals surface area contributed by atoms with E-state index in [1.807, 2.05) is 0 Å². The molecule has 0 saturated carbocycles. The standard InChI is InChI=1S/C14H18N4O3/c1-2-17-8-6-12(7-9-17)15-16-14(19)11-4-3-5-13(10-11)18(20)21/h3-5,10H,2,6-9H2,1H3,(H,16,19). The Hall–Kier alpha value is -2.28. The van der Waals surface area contributed by atoms with Crippen LogP contribution in [-0.4, -0.2) is 41.1 Å². The van der Waals surface area contributed by atoms with E-state index in [2.05, 4.69) is 22.4 Å². The molecular weight excluding hydrogens is 272 g/mol. The fraction of sp³-hybridized carbons (Fsp3) is 0.429. The SMILES string of the molecule is CCN1CCC(=NNC(=O)c2cccc([N+](=O)[O-])c2)CC1. The second-order valence-corrected chi connectivity index (χ2v) is 4.86. The lowest BCUT2D eigenvalue weighted by Gasteiger charge is -2.25. The summed E-state index contributed by atoms with van der Waals surface area (Å²) in [7, 11) is 0. The second-order valence-electron chi connectivity index (χ2n) is 4.86. The first kappa shape index (κ1) is 15.1. The average molecular weight is 290 g/mol. The third-order valence-electron chi connectivity index (χ3n) is 3.52. The van der Waals surface area contributed by atoms with Crippen molar-refractivity contribution >= 4 is 17.3 Å². The molecule has 0 unspecified atom stereocenters. The summed E-state index contributed by atoms with van der Waals surface area (Å²) < 4.78 is 0. The molecule has 0 radical (unpaired) electrons. The predicted octanol–water partition coefficient (Wildman–Crippen LogP) is 1.80. The molecule has 1 fully saturated rings. The van der Waals surface area contributed by atoms with Gasteiger partial charge in [0.2, 0.25) is 0 Å². The van der Waals surface area contributed by atoms with E-state index in [1.165, 1.54) is 24.3 Å². The average Bonchev–Trinajstić information content (AvgIpc) is 2.53. The van der Waals surface area contributed by atoms with Gasteiger partial charge in [-0.3, -0.25) is 14.9 Å². The van der Waals surface area contributed by atoms with Crippen molar-refractivity contribution in [1.29, 1.82) is 0 Å². The smallest absolute Gasteiger partial charge is 0.271 e. The van der Waals surface area contributed by atoms with Crippen molar-refractivity contribution < 1.29 is 9.72 Å². The number of nitro benzene ring substituents is 1. The topological polar surface area (TPSA) is 87.8 Å². The van der Waals surface area contributed by atoms with Crippen molar-refractivity contribution in [3.8, 4) is 0 Å². The van der Waals surface area contributed by atoms with E-state index >= 15 is 0 Å². The van der Waals surface area contributed by atoms with Gasteiger partial charge in [0.25, 0.3) is 11.6 Å². The molecule has 0 aliphatic carbocycles. The number of nitro groups is 1. The van der Waals surface area contributed by atoms with Crippen LogP contribution in [0.25, 0.3) is 0 Å². The van der Waals surface area contributed by atoms with E-state index in [-0.39, 0.29) is 11.3 Å². The van der Waals surface area contributed by atoms with Crippen LogP contribution < -0.4 is 5.43 Å². The van der Waals surface area contributed by atoms with Gasteiger partial charge < -0.3 is 4.90 Å². The minimum Gasteiger partial charge on any atom is -0.303 e. The quantitative estimate of drug-likeness (QED) is 0.676. The van der Waals surface area contributed by atoms with Crippen molar-refractivity contribution in [2.75, 3.05) is 19.6 Å². The zero-order valence-electron chi connectivity index (χ0n) is 11.9. The number of carbonyl (C=O) groups is 1. The molecule has 1 saturated heterocycles. The Morgan fingerprint density at radius 1 is 1.43 bits per heavy atom. The third kappa shape index (κ3) is 4.09. The van der Waals surface area contributed by atoms with Gasteiger partial charge in [-0.1, -0.05) is 13.0 Å². The largest absolute Gasteiger partial charge is 0.303 e. The maximum atomic E-state index is 11.9. The fourth-order valence-corrected chi connectivity index (χ4v) is 2.19. The van der Waals surface area contributed by atoms with Crippen molar-refractivity contribution in [3.63, 3.8) is 0 Å². The molecule has 1 aliphatic rings. The number of piperidine rings is 1. The van der Waals surface area contributed by atoms with Crippen LogP contribution in [0.4, 0.5) is 5.69 Å². The van der Waals surface area contributed by atoms with Crippen LogP contribution in [0.15, 0.2) is 29.4 Å². The van der Waals surface area contributed by atoms with Crippen LogP contribution >= 0.6 is 0 Å². The number of likely N-dealkylation sites (tertiary alicyclic amines) is 1. The summed E-state index contributed by atoms with van der Waals surface area (Å²) in [5, 5.41) is 14.8. The van der Waals surface area contributed by atoms with Crippen molar-refractivity contribution in [2.24, 2.45) is 5.10 Å². The number of non-ortho nitro benzene ring substituents is 1. The summed E-state index contributed by atoms with van der Waals surface area (Å²) in [4.78, 5) is 24.4. The number of carbonyl (C=O) groups excluding carboxylic acids is 1. The predicted molar refractivity (Wildman–Crippen MR) is 79.3 cm³/mol. The first-order valence-electron chi connectivity index (χ1n) is 6.92. The van der Waals surface area contributed by atoms with Crippen molar-refractivity contribution in [2.45, 2.75) is 19.8 Å². The molecule has 7 heteroatoms. The highest BCUT2D eigenvalue weighted by Crippen LogP contribution is 2.13. The zero-order chi connectivity index (χ0) is 15.2. The number of hydrogen-bond donors (Lipinski definition) is 1. The monoisotopic (exact) mass is 290 g/mol. The van der Waals surface area contributed by atoms with Gasteiger partial charge in [-0.25, -0.2) is 5.43 Å². The summed E-state index contributed by atoms with van der Waals surface area (Å²) in [5.41, 5.74) is 3.56. The van der Waals surface area contributed by atoms with Crippen LogP contribution in [0.1, 0.15) is 30.1 Å². The van der Waals surface area contributed by atoms with E-state index in [0.29, 0.717) is 0 Å². The first-order valence-corrected chi connectivity index (χ1v) is 6.92. The van der Waals surface area contributed by atoms with Crippen molar-refractivity contribution in [3.05, 3.63) is 39.9 Å². The number of nitrogens with one attached hydrogen (secondary N) is 1. The highest BCUT2D eigenvalue weighted by molar-refractivity contribution is 5.96. The summed E-state index contributed by atoms with van der Waals surface area (Å²) in [6.45, 7) is 5.03. The Labute approximate surface area is 122 Å². The minimum atomic E-state index is -0.525. The molecule has 21 heavy (non-hydrogen) atoms. The molecule has 7 nitrogen and oxygen atoms in total. The van der Waals surface area contributed by atoms with Gasteiger partial charge in [0.1, 0.15) is 0 Å². The Kier molecular flexibility index (Phi) is 4.99. The maximum absolute atomic E-state index is 11.9. The van der Waals surface area contributed by atoms with E-state index in [9.17, 15) is 14.9 Å². The molecule has 1 N–H and O–H groups in total. The van der Waals surface area contributed by atoms with E-state index in [1.54, 1.807) is 0 Å². The molecule has 1 aromatic rings. The summed E-state index contributed by atoms with van der Waals surface area (Å²) in [6.07, 6.45) is 1.67. The molecule has 1 heterocycles. The fourth-order valence-electron chi connectivity index (χ4n) is 2.19. The minimum absolute atomic E-state index is 0.105. The molecular formula is C14H18N4O3. The van der Waals surface area contributed by atoms with Gasteiger partial charge in [0.05, 0.1) is 4.92 Å². The van der Waals surface area contributed by atoms with Gasteiger partial charge in [-0.2, -0.15) is 5.10 Å². The number of nitrogens with zero attached hydrogens (tertiary/aromatic N) is 3. The Bertz CT molecular complexity index is 561. The molecule has 0 bridgehead atoms. The normalized spacial score (nSPS) is 15.6. The number of hydrogen-bond acceptors (Lipinski definition) is 5. The molecule has 0 spiro atoms. The van der Waals surface area contributed by atoms with Crippen molar-refractivity contribution in [1.82, 2.24) is 10.3 Å². The van der Waals surface area contributed by atoms with Gasteiger partial charge in [-0.05, 0) is 12.6 Å². The van der Waals surface area contributed by atoms with Gasteiger partial charge in [-0.15, -0.1) is 0 Å². The third-order valence-corrected chi connectivity index (χ3v) is 3.52. The lowest BCUT2D eigenvalue weighted by molar-refractivity contribution is -0.384. The zero-order valence-corrected chi connectivity index (χ0v) is 11.9. The lowest BCUT2D eigenvalue weighted by Crippen LogP contribution is -2.34. The van der Waals surface area contributed by atoms with E-state index in [0.717, 1.165) is 38.2 Å². The van der Waals surface area contributed by atoms with Crippen LogP contribution in [0, 0.1) is 10.1 Å². The second kappa shape index (κ2) is 6.94. The van der Waals surface area contributed by atoms with Crippen LogP contribution in [-0.2, 0) is 0 Å². The van der Waals surface area contributed by atoms with Crippen LogP contribution in [0.5, 0.6) is 0 Å². The highest BCUT2D eigenvalue weighted by Gasteiger charge is 2.14. The number of hydrazone groups is 1. The molecule has 112 valence electrons. The highest BCUT2D eigenvalue weighted by atomic mass is 16.6.